The highest BCUT2D eigenvalue weighted by atomic mass is 35.5. The van der Waals surface area contributed by atoms with E-state index < -0.39 is 0 Å². The number of rotatable bonds is 6. The molecule has 0 bridgehead atoms. The Morgan fingerprint density at radius 1 is 0.920 bits per heavy atom. The Morgan fingerprint density at radius 2 is 1.52 bits per heavy atom. The first kappa shape index (κ1) is 16.9. The molecular formula is C18H18ClN5O. The van der Waals surface area contributed by atoms with Gasteiger partial charge in [0.2, 0.25) is 0 Å². The third-order valence-corrected chi connectivity index (χ3v) is 3.73. The molecule has 128 valence electrons. The number of hydrogen-bond donors (Lipinski definition) is 2. The van der Waals surface area contributed by atoms with Crippen molar-refractivity contribution in [2.24, 2.45) is 0 Å². The van der Waals surface area contributed by atoms with Gasteiger partial charge in [-0.3, -0.25) is 14.8 Å². The molecule has 0 aromatic carbocycles. The van der Waals surface area contributed by atoms with Gasteiger partial charge in [0, 0.05) is 39.3 Å². The molecule has 25 heavy (non-hydrogen) atoms. The lowest BCUT2D eigenvalue weighted by atomic mass is 10.2. The molecule has 3 aromatic rings. The third kappa shape index (κ3) is 4.74. The number of anilines is 1. The predicted molar refractivity (Wildman–Crippen MR) is 98.3 cm³/mol. The molecule has 0 aliphatic heterocycles. The number of aromatic nitrogens is 3. The average Bonchev–Trinajstić information content (AvgIpc) is 2.66. The third-order valence-electron chi connectivity index (χ3n) is 3.52. The summed E-state index contributed by atoms with van der Waals surface area (Å²) in [5, 5.41) is 6.35. The van der Waals surface area contributed by atoms with E-state index in [0.29, 0.717) is 29.6 Å². The molecule has 0 spiro atoms. The molecule has 0 saturated heterocycles. The fourth-order valence-corrected chi connectivity index (χ4v) is 2.37. The second-order valence-electron chi connectivity index (χ2n) is 5.28. The van der Waals surface area contributed by atoms with Crippen molar-refractivity contribution >= 4 is 23.3 Å². The molecule has 7 heteroatoms. The van der Waals surface area contributed by atoms with Crippen molar-refractivity contribution in [3.8, 4) is 0 Å². The van der Waals surface area contributed by atoms with Crippen molar-refractivity contribution in [2.75, 3.05) is 5.32 Å². The van der Waals surface area contributed by atoms with Crippen LogP contribution in [0, 0.1) is 0 Å². The van der Waals surface area contributed by atoms with E-state index in [9.17, 15) is 4.79 Å². The van der Waals surface area contributed by atoms with Crippen LogP contribution in [0.4, 0.5) is 5.82 Å². The summed E-state index contributed by atoms with van der Waals surface area (Å²) in [4.78, 5) is 24.7. The number of carbonyl (C=O) groups is 1. The first-order valence-corrected chi connectivity index (χ1v) is 8.06. The Morgan fingerprint density at radius 3 is 2.16 bits per heavy atom. The number of halogens is 1. The normalized spacial score (nSPS) is 10.3. The van der Waals surface area contributed by atoms with Gasteiger partial charge in [-0.1, -0.05) is 11.6 Å². The highest BCUT2D eigenvalue weighted by Gasteiger charge is 2.13. The lowest BCUT2D eigenvalue weighted by molar-refractivity contribution is 0.0951. The highest BCUT2D eigenvalue weighted by molar-refractivity contribution is 6.29. The fraction of sp³-hybridized carbons (Fsp3) is 0.111. The Bertz CT molecular complexity index is 849. The molecule has 6 nitrogen and oxygen atoms in total. The Balaban J connectivity index is 0.00000243. The van der Waals surface area contributed by atoms with Gasteiger partial charge in [0.1, 0.15) is 11.0 Å². The molecule has 0 fully saturated rings. The minimum atomic E-state index is -0.224. The Kier molecular flexibility index (Phi) is 5.53. The quantitative estimate of drug-likeness (QED) is 0.663. The topological polar surface area (TPSA) is 79.8 Å². The van der Waals surface area contributed by atoms with Crippen molar-refractivity contribution in [3.05, 3.63) is 83.0 Å². The minimum absolute atomic E-state index is 0. The summed E-state index contributed by atoms with van der Waals surface area (Å²) in [6.45, 7) is 0.925. The van der Waals surface area contributed by atoms with E-state index in [0.717, 1.165) is 11.1 Å². The van der Waals surface area contributed by atoms with Crippen LogP contribution in [-0.2, 0) is 13.1 Å². The maximum Gasteiger partial charge on any atom is 0.255 e. The van der Waals surface area contributed by atoms with Crippen LogP contribution >= 0.6 is 11.6 Å². The van der Waals surface area contributed by atoms with Crippen LogP contribution in [0.5, 0.6) is 0 Å². The molecule has 3 heterocycles. The fourth-order valence-electron chi connectivity index (χ4n) is 2.22. The molecule has 0 atom stereocenters. The smallest absolute Gasteiger partial charge is 0.255 e. The number of carbonyl (C=O) groups excluding carboxylic acids is 1. The molecule has 1 amide bonds. The van der Waals surface area contributed by atoms with Gasteiger partial charge in [-0.05, 0) is 47.5 Å². The molecule has 0 saturated carbocycles. The monoisotopic (exact) mass is 355 g/mol. The summed E-state index contributed by atoms with van der Waals surface area (Å²) < 4.78 is 0. The lowest BCUT2D eigenvalue weighted by Gasteiger charge is -2.12. The largest absolute Gasteiger partial charge is 0.365 e. The van der Waals surface area contributed by atoms with E-state index in [-0.39, 0.29) is 7.33 Å². The average molecular weight is 356 g/mol. The molecule has 0 aliphatic rings. The summed E-state index contributed by atoms with van der Waals surface area (Å²) in [6.07, 6.45) is 6.80. The predicted octanol–water partition coefficient (Wildman–Crippen LogP) is 3.31. The molecule has 3 rings (SSSR count). The lowest BCUT2D eigenvalue weighted by Crippen LogP contribution is -2.24. The van der Waals surface area contributed by atoms with Gasteiger partial charge >= 0.3 is 0 Å². The molecule has 2 N–H and O–H groups in total. The number of hydrogen-bond acceptors (Lipinski definition) is 5. The van der Waals surface area contributed by atoms with E-state index in [2.05, 4.69) is 25.6 Å². The summed E-state index contributed by atoms with van der Waals surface area (Å²) in [5.41, 5.74) is 2.43. The maximum absolute atomic E-state index is 12.5. The highest BCUT2D eigenvalue weighted by Crippen LogP contribution is 2.17. The van der Waals surface area contributed by atoms with Gasteiger partial charge in [-0.25, -0.2) is 4.98 Å². The van der Waals surface area contributed by atoms with Gasteiger partial charge in [0.25, 0.3) is 5.91 Å². The van der Waals surface area contributed by atoms with Crippen LogP contribution in [0.15, 0.2) is 61.2 Å². The number of nitrogens with one attached hydrogen (secondary N) is 2. The second-order valence-corrected chi connectivity index (χ2v) is 5.66. The minimum Gasteiger partial charge on any atom is -0.365 e. The van der Waals surface area contributed by atoms with Crippen LogP contribution < -0.4 is 10.6 Å². The van der Waals surface area contributed by atoms with Gasteiger partial charge < -0.3 is 10.6 Å². The summed E-state index contributed by atoms with van der Waals surface area (Å²) >= 11 is 5.98. The van der Waals surface area contributed by atoms with E-state index in [4.69, 9.17) is 11.6 Å². The van der Waals surface area contributed by atoms with Gasteiger partial charge in [0.05, 0.1) is 5.56 Å². The summed E-state index contributed by atoms with van der Waals surface area (Å²) in [5.74, 6) is 0.217. The van der Waals surface area contributed by atoms with Crippen LogP contribution in [0.1, 0.15) is 22.9 Å². The van der Waals surface area contributed by atoms with Crippen molar-refractivity contribution in [1.29, 1.82) is 0 Å². The molecule has 0 radical (unpaired) electrons. The summed E-state index contributed by atoms with van der Waals surface area (Å²) in [6, 6.07) is 10.7. The standard InChI is InChI=1S/C18H16ClN5O.H2/c19-16-2-1-15(18(25)23-12-14-5-9-21-10-6-14)17(24-16)22-11-13-3-7-20-8-4-13;/h1-10H,11-12H2,(H,22,24)(H,23,25);1H. The van der Waals surface area contributed by atoms with Gasteiger partial charge in [-0.2, -0.15) is 0 Å². The summed E-state index contributed by atoms with van der Waals surface area (Å²) in [7, 11) is 0. The first-order chi connectivity index (χ1) is 12.2. The van der Waals surface area contributed by atoms with E-state index in [1.54, 1.807) is 36.9 Å². The molecule has 0 aliphatic carbocycles. The van der Waals surface area contributed by atoms with E-state index >= 15 is 0 Å². The molecule has 3 aromatic heterocycles. The number of amides is 1. The van der Waals surface area contributed by atoms with Crippen molar-refractivity contribution in [1.82, 2.24) is 20.3 Å². The zero-order valence-corrected chi connectivity index (χ0v) is 14.1. The van der Waals surface area contributed by atoms with E-state index in [1.165, 1.54) is 0 Å². The van der Waals surface area contributed by atoms with Crippen LogP contribution in [0.3, 0.4) is 0 Å². The van der Waals surface area contributed by atoms with Crippen molar-refractivity contribution < 1.29 is 6.22 Å². The van der Waals surface area contributed by atoms with Crippen molar-refractivity contribution in [2.45, 2.75) is 13.1 Å². The Labute approximate surface area is 151 Å². The van der Waals surface area contributed by atoms with Gasteiger partial charge in [-0.15, -0.1) is 0 Å². The van der Waals surface area contributed by atoms with Gasteiger partial charge in [0.15, 0.2) is 0 Å². The second kappa shape index (κ2) is 8.21. The Hall–Kier alpha value is -2.99. The maximum atomic E-state index is 12.5. The van der Waals surface area contributed by atoms with Crippen LogP contribution in [0.25, 0.3) is 0 Å². The molecular weight excluding hydrogens is 338 g/mol. The van der Waals surface area contributed by atoms with E-state index in [1.807, 2.05) is 24.3 Å². The zero-order valence-electron chi connectivity index (χ0n) is 13.3. The van der Waals surface area contributed by atoms with Crippen molar-refractivity contribution in [3.63, 3.8) is 0 Å². The first-order valence-electron chi connectivity index (χ1n) is 7.69. The number of pyridine rings is 3. The zero-order chi connectivity index (χ0) is 17.5. The molecule has 0 unspecified atom stereocenters. The SMILES string of the molecule is O=C(NCc1ccncc1)c1ccc(Cl)nc1NCc1ccncc1.[HH]. The van der Waals surface area contributed by atoms with Crippen LogP contribution in [0.2, 0.25) is 5.15 Å². The van der Waals surface area contributed by atoms with Crippen LogP contribution in [-0.4, -0.2) is 20.9 Å². The number of nitrogens with zero attached hydrogens (tertiary/aromatic N) is 3.